The van der Waals surface area contributed by atoms with Crippen LogP contribution in [0.25, 0.3) is 99.0 Å². The fourth-order valence-corrected chi connectivity index (χ4v) is 15.0. The van der Waals surface area contributed by atoms with Crippen LogP contribution in [0.1, 0.15) is 113 Å². The number of aromatic nitrogens is 2. The Bertz CT molecular complexity index is 4150. The molecule has 0 amide bonds. The van der Waals surface area contributed by atoms with Crippen LogP contribution in [-0.2, 0) is 16.2 Å². The second-order valence-electron chi connectivity index (χ2n) is 22.5. The van der Waals surface area contributed by atoms with Gasteiger partial charge in [0.25, 0.3) is 0 Å². The molecule has 3 aliphatic carbocycles. The summed E-state index contributed by atoms with van der Waals surface area (Å²) in [6.07, 6.45) is 10.2. The van der Waals surface area contributed by atoms with Crippen LogP contribution in [0.2, 0.25) is 0 Å². The second kappa shape index (κ2) is 22.2. The van der Waals surface area contributed by atoms with Crippen LogP contribution < -0.4 is 15.2 Å². The first-order valence-electron chi connectivity index (χ1n) is 29.4. The molecule has 83 heavy (non-hydrogen) atoms. The Kier molecular flexibility index (Phi) is 15.0. The van der Waals surface area contributed by atoms with E-state index in [2.05, 4.69) is 173 Å². The fraction of sp³-hybridized carbons (Fsp3) is 0.192. The maximum absolute atomic E-state index is 11.8. The summed E-state index contributed by atoms with van der Waals surface area (Å²) in [7, 11) is 0. The van der Waals surface area contributed by atoms with E-state index < -0.39 is 0 Å². The third-order valence-electron chi connectivity index (χ3n) is 19.4. The Morgan fingerprint density at radius 1 is 0.349 bits per heavy atom. The van der Waals surface area contributed by atoms with E-state index in [-0.39, 0.29) is 45.3 Å². The monoisotopic (exact) mass is 1080 g/mol. The first-order chi connectivity index (χ1) is 39.6. The van der Waals surface area contributed by atoms with E-state index in [1.807, 2.05) is 66.9 Å². The Morgan fingerprint density at radius 2 is 0.711 bits per heavy atom. The maximum Gasteiger partial charge on any atom is 2.00 e. The summed E-state index contributed by atoms with van der Waals surface area (Å²) in [4.78, 5) is 7.40. The van der Waals surface area contributed by atoms with Crippen molar-refractivity contribution in [3.63, 3.8) is 0 Å². The SMILES string of the molecule is CCC1(CC)c2ccccc2-c2ccc(-c3ccc4c(c3)C(CC)(CC)c3cc(-c5ccc6c(c5)C(CC)(CC)c5ccccc5-6)ccc3-4)cc21.[Be+2].[CH3-].[O-]c1cccc2ccc3ccc[nH+]c3c12.[O-]c1cccc2ccc3cccnc3c12. The summed E-state index contributed by atoms with van der Waals surface area (Å²) in [5, 5.41) is 29.0. The topological polar surface area (TPSA) is 73.2 Å². The molecule has 0 unspecified atom stereocenters. The molecule has 0 saturated carbocycles. The van der Waals surface area contributed by atoms with Crippen molar-refractivity contribution in [2.24, 2.45) is 0 Å². The van der Waals surface area contributed by atoms with Crippen LogP contribution in [0.15, 0.2) is 219 Å². The van der Waals surface area contributed by atoms with Gasteiger partial charge < -0.3 is 17.6 Å². The number of nitrogens with zero attached hydrogens (tertiary/aromatic N) is 1. The van der Waals surface area contributed by atoms with Crippen molar-refractivity contribution in [3.8, 4) is 67.1 Å². The molecule has 2 heterocycles. The van der Waals surface area contributed by atoms with E-state index in [1.165, 1.54) is 89.0 Å². The Morgan fingerprint density at radius 3 is 1.17 bits per heavy atom. The quantitative estimate of drug-likeness (QED) is 0.0864. The van der Waals surface area contributed by atoms with Crippen molar-refractivity contribution in [1.82, 2.24) is 4.98 Å². The normalized spacial score (nSPS) is 13.9. The van der Waals surface area contributed by atoms with Crippen molar-refractivity contribution in [2.75, 3.05) is 0 Å². The summed E-state index contributed by atoms with van der Waals surface area (Å²) in [6, 6.07) is 73.9. The van der Waals surface area contributed by atoms with Gasteiger partial charge in [-0.1, -0.05) is 211 Å². The number of pyridine rings is 2. The molecule has 0 spiro atoms. The minimum atomic E-state index is -0.0101. The molecule has 0 aliphatic heterocycles. The van der Waals surface area contributed by atoms with Gasteiger partial charge in [-0.2, -0.15) is 0 Å². The van der Waals surface area contributed by atoms with Gasteiger partial charge in [0.05, 0.1) is 5.52 Å². The molecule has 4 nitrogen and oxygen atoms in total. The predicted octanol–water partition coefficient (Wildman–Crippen LogP) is 18.7. The summed E-state index contributed by atoms with van der Waals surface area (Å²) in [5.41, 5.74) is 24.7. The molecule has 15 rings (SSSR count). The first-order valence-corrected chi connectivity index (χ1v) is 29.4. The van der Waals surface area contributed by atoms with Gasteiger partial charge in [0.1, 0.15) is 0 Å². The van der Waals surface area contributed by atoms with Crippen molar-refractivity contribution < 1.29 is 15.2 Å². The molecule has 10 aromatic carbocycles. The first kappa shape index (κ1) is 56.2. The third-order valence-corrected chi connectivity index (χ3v) is 19.4. The summed E-state index contributed by atoms with van der Waals surface area (Å²) in [5.74, 6) is 0.109. The van der Waals surface area contributed by atoms with Crippen molar-refractivity contribution >= 4 is 53.5 Å². The molecular formula is C78H70BeN2O2. The van der Waals surface area contributed by atoms with Gasteiger partial charge in [0, 0.05) is 50.1 Å². The average Bonchev–Trinajstić information content (AvgIpc) is 3.54. The molecule has 0 bridgehead atoms. The van der Waals surface area contributed by atoms with Gasteiger partial charge in [-0.05, 0) is 181 Å². The zero-order valence-electron chi connectivity index (χ0n) is 49.0. The molecular weight excluding hydrogens is 1010 g/mol. The number of fused-ring (bicyclic) bond motifs is 15. The number of nitrogens with one attached hydrogen (secondary N) is 1. The Labute approximate surface area is 493 Å². The van der Waals surface area contributed by atoms with E-state index in [4.69, 9.17) is 0 Å². The molecule has 406 valence electrons. The van der Waals surface area contributed by atoms with Gasteiger partial charge in [0.2, 0.25) is 5.52 Å². The van der Waals surface area contributed by atoms with Crippen LogP contribution in [0.4, 0.5) is 0 Å². The van der Waals surface area contributed by atoms with Crippen LogP contribution in [0, 0.1) is 7.43 Å². The molecule has 0 atom stereocenters. The molecule has 0 saturated heterocycles. The molecule has 1 N–H and O–H groups in total. The van der Waals surface area contributed by atoms with E-state index in [1.54, 1.807) is 30.5 Å². The standard InChI is InChI=1S/C51H50.2C13H9NO.CH3.Be/c1-7-49(8-2)43-19-15-13-17-37(43)39-25-21-33(29-45(39)49)35-23-27-41-42-28-24-36(32-48(42)51(11-5,12-6)47(41)31-35)34-22-26-40-38-18-14-16-20-44(38)50(9-3,10-4)46(40)30-34;2*15-11-5-1-3-9-6-7-10-4-2-8-14-13(10)12(9)11;;/h13-32H,7-12H2,1-6H3;2*1-8,15H;1H3;/q;;;-1;+2/p-1. The zero-order valence-corrected chi connectivity index (χ0v) is 49.0. The molecule has 5 heteroatoms. The molecule has 0 fully saturated rings. The van der Waals surface area contributed by atoms with Crippen LogP contribution in [-0.4, -0.2) is 15.1 Å². The number of H-pyrrole nitrogens is 1. The summed E-state index contributed by atoms with van der Waals surface area (Å²) in [6.45, 7) is 14.3. The number of hydrogen-bond donors (Lipinski definition) is 0. The predicted molar refractivity (Wildman–Crippen MR) is 346 cm³/mol. The molecule has 12 aromatic rings. The molecule has 3 aliphatic rings. The second-order valence-corrected chi connectivity index (χ2v) is 22.5. The summed E-state index contributed by atoms with van der Waals surface area (Å²) < 4.78 is 0. The van der Waals surface area contributed by atoms with Gasteiger partial charge >= 0.3 is 10.1 Å². The number of rotatable bonds is 8. The van der Waals surface area contributed by atoms with E-state index >= 15 is 0 Å². The number of benzene rings is 10. The third kappa shape index (κ3) is 8.67. The zero-order chi connectivity index (χ0) is 55.6. The van der Waals surface area contributed by atoms with Crippen molar-refractivity contribution in [1.29, 1.82) is 0 Å². The largest absolute Gasteiger partial charge is 2.00 e. The van der Waals surface area contributed by atoms with Gasteiger partial charge in [-0.3, -0.25) is 4.98 Å². The summed E-state index contributed by atoms with van der Waals surface area (Å²) >= 11 is 0. The average molecular weight is 1080 g/mol. The van der Waals surface area contributed by atoms with Gasteiger partial charge in [-0.15, -0.1) is 0 Å². The van der Waals surface area contributed by atoms with Crippen LogP contribution in [0.5, 0.6) is 11.5 Å². The minimum Gasteiger partial charge on any atom is -0.872 e. The van der Waals surface area contributed by atoms with E-state index in [0.29, 0.717) is 0 Å². The Balaban J connectivity index is 0.000000182. The smallest absolute Gasteiger partial charge is 0.872 e. The molecule has 2 aromatic heterocycles. The van der Waals surface area contributed by atoms with Crippen molar-refractivity contribution in [2.45, 2.75) is 96.3 Å². The van der Waals surface area contributed by atoms with Crippen LogP contribution in [0.3, 0.4) is 0 Å². The maximum atomic E-state index is 11.8. The van der Waals surface area contributed by atoms with E-state index in [9.17, 15) is 10.2 Å². The fourth-order valence-electron chi connectivity index (χ4n) is 15.0. The minimum absolute atomic E-state index is 0. The number of aromatic amines is 1. The number of hydrogen-bond acceptors (Lipinski definition) is 3. The Hall–Kier alpha value is -8.69. The van der Waals surface area contributed by atoms with Gasteiger partial charge in [-0.25, -0.2) is 4.98 Å². The van der Waals surface area contributed by atoms with Gasteiger partial charge in [0.15, 0.2) is 6.20 Å². The molecule has 0 radical (unpaired) electrons. The van der Waals surface area contributed by atoms with Crippen LogP contribution >= 0.6 is 0 Å². The van der Waals surface area contributed by atoms with Crippen molar-refractivity contribution in [3.05, 3.63) is 259 Å². The van der Waals surface area contributed by atoms with E-state index in [0.717, 1.165) is 81.9 Å².